The number of benzene rings is 1. The molecule has 3 rings (SSSR count). The van der Waals surface area contributed by atoms with Crippen LogP contribution in [0.15, 0.2) is 59.2 Å². The van der Waals surface area contributed by atoms with Crippen LogP contribution in [0.1, 0.15) is 24.0 Å². The smallest absolute Gasteiger partial charge is 0.213 e. The average Bonchev–Trinajstić information content (AvgIpc) is 2.70. The van der Waals surface area contributed by atoms with Gasteiger partial charge in [-0.3, -0.25) is 4.99 Å². The highest BCUT2D eigenvalue weighted by Crippen LogP contribution is 2.19. The van der Waals surface area contributed by atoms with Crippen LogP contribution >= 0.6 is 24.0 Å². The van der Waals surface area contributed by atoms with Crippen LogP contribution in [0.4, 0.5) is 0 Å². The maximum Gasteiger partial charge on any atom is 0.213 e. The molecule has 2 heterocycles. The fraction of sp³-hybridized carbons (Fsp3) is 0.333. The summed E-state index contributed by atoms with van der Waals surface area (Å²) >= 11 is 0. The molecular formula is C21H27IN4O. The summed E-state index contributed by atoms with van der Waals surface area (Å²) in [5.41, 5.74) is 3.91. The second-order valence-electron chi connectivity index (χ2n) is 6.31. The minimum atomic E-state index is 0. The third-order valence-electron chi connectivity index (χ3n) is 4.55. The predicted molar refractivity (Wildman–Crippen MR) is 122 cm³/mol. The fourth-order valence-electron chi connectivity index (χ4n) is 3.12. The molecule has 1 aromatic heterocycles. The molecule has 1 saturated heterocycles. The number of nitrogens with one attached hydrogen (secondary N) is 1. The quantitative estimate of drug-likeness (QED) is 0.411. The maximum atomic E-state index is 5.18. The molecular weight excluding hydrogens is 451 g/mol. The van der Waals surface area contributed by atoms with E-state index in [4.69, 9.17) is 4.74 Å². The summed E-state index contributed by atoms with van der Waals surface area (Å²) < 4.78 is 5.18. The zero-order valence-corrected chi connectivity index (χ0v) is 18.2. The van der Waals surface area contributed by atoms with Crippen molar-refractivity contribution < 1.29 is 4.74 Å². The number of halogens is 1. The summed E-state index contributed by atoms with van der Waals surface area (Å²) in [5, 5.41) is 3.44. The molecule has 0 spiro atoms. The van der Waals surface area contributed by atoms with Crippen LogP contribution < -0.4 is 10.1 Å². The van der Waals surface area contributed by atoms with E-state index in [1.54, 1.807) is 13.3 Å². The third-order valence-corrected chi connectivity index (χ3v) is 4.55. The van der Waals surface area contributed by atoms with Crippen LogP contribution in [0.3, 0.4) is 0 Å². The Kier molecular flexibility index (Phi) is 8.57. The number of aromatic nitrogens is 1. The van der Waals surface area contributed by atoms with Crippen LogP contribution in [-0.2, 0) is 6.54 Å². The van der Waals surface area contributed by atoms with Crippen molar-refractivity contribution >= 4 is 36.0 Å². The predicted octanol–water partition coefficient (Wildman–Crippen LogP) is 3.96. The number of rotatable bonds is 4. The van der Waals surface area contributed by atoms with Crippen LogP contribution in [-0.4, -0.2) is 43.1 Å². The Bertz CT molecular complexity index is 767. The van der Waals surface area contributed by atoms with Gasteiger partial charge < -0.3 is 15.0 Å². The molecule has 1 fully saturated rings. The first kappa shape index (κ1) is 21.2. The van der Waals surface area contributed by atoms with Gasteiger partial charge in [0.15, 0.2) is 5.96 Å². The Balaban J connectivity index is 0.00000261. The van der Waals surface area contributed by atoms with E-state index < -0.39 is 0 Å². The summed E-state index contributed by atoms with van der Waals surface area (Å²) in [6, 6.07) is 14.5. The van der Waals surface area contributed by atoms with Gasteiger partial charge in [-0.15, -0.1) is 24.0 Å². The molecule has 0 unspecified atom stereocenters. The second kappa shape index (κ2) is 10.9. The highest BCUT2D eigenvalue weighted by molar-refractivity contribution is 14.0. The molecule has 0 radical (unpaired) electrons. The van der Waals surface area contributed by atoms with E-state index in [1.807, 2.05) is 19.2 Å². The Morgan fingerprint density at radius 1 is 1.22 bits per heavy atom. The Hall–Kier alpha value is -2.09. The van der Waals surface area contributed by atoms with Crippen LogP contribution in [0.25, 0.3) is 6.08 Å². The molecule has 0 aliphatic carbocycles. The second-order valence-corrected chi connectivity index (χ2v) is 6.31. The molecule has 1 N–H and O–H groups in total. The molecule has 0 saturated carbocycles. The number of hydrogen-bond acceptors (Lipinski definition) is 3. The Morgan fingerprint density at radius 3 is 2.63 bits per heavy atom. The van der Waals surface area contributed by atoms with Crippen LogP contribution in [0.2, 0.25) is 0 Å². The van der Waals surface area contributed by atoms with Gasteiger partial charge in [-0.1, -0.05) is 42.0 Å². The van der Waals surface area contributed by atoms with Crippen molar-refractivity contribution in [2.45, 2.75) is 19.4 Å². The van der Waals surface area contributed by atoms with Crippen molar-refractivity contribution in [3.8, 4) is 5.88 Å². The first-order valence-electron chi connectivity index (χ1n) is 8.97. The Labute approximate surface area is 178 Å². The normalized spacial score (nSPS) is 14.4. The fourth-order valence-corrected chi connectivity index (χ4v) is 3.12. The first-order valence-corrected chi connectivity index (χ1v) is 8.97. The molecule has 1 aliphatic heterocycles. The number of piperidine rings is 1. The lowest BCUT2D eigenvalue weighted by Gasteiger charge is -2.31. The highest BCUT2D eigenvalue weighted by atomic mass is 127. The van der Waals surface area contributed by atoms with Gasteiger partial charge in [-0.2, -0.15) is 0 Å². The molecule has 0 bridgehead atoms. The van der Waals surface area contributed by atoms with E-state index in [-0.39, 0.29) is 24.0 Å². The van der Waals surface area contributed by atoms with Crippen molar-refractivity contribution in [1.82, 2.24) is 15.2 Å². The van der Waals surface area contributed by atoms with Gasteiger partial charge >= 0.3 is 0 Å². The third kappa shape index (κ3) is 6.23. The minimum absolute atomic E-state index is 0. The monoisotopic (exact) mass is 478 g/mol. The minimum Gasteiger partial charge on any atom is -0.481 e. The average molecular weight is 478 g/mol. The first-order chi connectivity index (χ1) is 12.8. The van der Waals surface area contributed by atoms with Gasteiger partial charge in [0.2, 0.25) is 5.88 Å². The van der Waals surface area contributed by atoms with Gasteiger partial charge in [0.05, 0.1) is 7.11 Å². The van der Waals surface area contributed by atoms with E-state index in [0.717, 1.165) is 37.5 Å². The van der Waals surface area contributed by atoms with E-state index >= 15 is 0 Å². The van der Waals surface area contributed by atoms with Crippen LogP contribution in [0, 0.1) is 0 Å². The summed E-state index contributed by atoms with van der Waals surface area (Å²) in [4.78, 5) is 10.9. The summed E-state index contributed by atoms with van der Waals surface area (Å²) in [6.07, 6.45) is 6.22. The molecule has 144 valence electrons. The number of hydrogen-bond donors (Lipinski definition) is 1. The molecule has 2 aromatic rings. The molecule has 1 aliphatic rings. The van der Waals surface area contributed by atoms with Gasteiger partial charge in [0, 0.05) is 38.9 Å². The van der Waals surface area contributed by atoms with E-state index in [0.29, 0.717) is 12.4 Å². The lowest BCUT2D eigenvalue weighted by molar-refractivity contribution is 0.375. The maximum absolute atomic E-state index is 5.18. The lowest BCUT2D eigenvalue weighted by atomic mass is 10.0. The standard InChI is InChI=1S/C21H26N4O.HI/c1-22-21(24-16-19-8-11-23-20(15-19)26-2)25-12-9-18(10-13-25)14-17-6-4-3-5-7-17;/h3-8,11,14-15H,9-10,12-13,16H2,1-2H3,(H,22,24);1H. The molecule has 6 heteroatoms. The molecule has 0 amide bonds. The van der Waals surface area contributed by atoms with Crippen molar-refractivity contribution in [2.24, 2.45) is 4.99 Å². The zero-order valence-electron chi connectivity index (χ0n) is 15.9. The number of guanidine groups is 1. The summed E-state index contributed by atoms with van der Waals surface area (Å²) in [7, 11) is 3.47. The number of aliphatic imine (C=N–C) groups is 1. The van der Waals surface area contributed by atoms with Crippen molar-refractivity contribution in [1.29, 1.82) is 0 Å². The van der Waals surface area contributed by atoms with Crippen molar-refractivity contribution in [2.75, 3.05) is 27.2 Å². The number of ether oxygens (including phenoxy) is 1. The lowest BCUT2D eigenvalue weighted by Crippen LogP contribution is -2.44. The summed E-state index contributed by atoms with van der Waals surface area (Å²) in [5.74, 6) is 1.58. The van der Waals surface area contributed by atoms with Gasteiger partial charge in [-0.25, -0.2) is 4.98 Å². The van der Waals surface area contributed by atoms with E-state index in [9.17, 15) is 0 Å². The summed E-state index contributed by atoms with van der Waals surface area (Å²) in [6.45, 7) is 2.67. The van der Waals surface area contributed by atoms with E-state index in [1.165, 1.54) is 11.1 Å². The molecule has 0 atom stereocenters. The number of nitrogens with zero attached hydrogens (tertiary/aromatic N) is 3. The molecule has 1 aromatic carbocycles. The van der Waals surface area contributed by atoms with Crippen LogP contribution in [0.5, 0.6) is 5.88 Å². The molecule has 5 nitrogen and oxygen atoms in total. The van der Waals surface area contributed by atoms with Crippen molar-refractivity contribution in [3.05, 3.63) is 65.4 Å². The zero-order chi connectivity index (χ0) is 18.2. The molecule has 27 heavy (non-hydrogen) atoms. The SMILES string of the molecule is CN=C(NCc1ccnc(OC)c1)N1CCC(=Cc2ccccc2)CC1.I. The number of pyridine rings is 1. The van der Waals surface area contributed by atoms with Crippen molar-refractivity contribution in [3.63, 3.8) is 0 Å². The topological polar surface area (TPSA) is 49.8 Å². The van der Waals surface area contributed by atoms with Gasteiger partial charge in [0.25, 0.3) is 0 Å². The van der Waals surface area contributed by atoms with Gasteiger partial charge in [-0.05, 0) is 30.0 Å². The highest BCUT2D eigenvalue weighted by Gasteiger charge is 2.17. The van der Waals surface area contributed by atoms with Gasteiger partial charge in [0.1, 0.15) is 0 Å². The van der Waals surface area contributed by atoms with E-state index in [2.05, 4.69) is 56.6 Å². The number of likely N-dealkylation sites (tertiary alicyclic amines) is 1. The number of methoxy groups -OCH3 is 1. The Morgan fingerprint density at radius 2 is 1.96 bits per heavy atom. The largest absolute Gasteiger partial charge is 0.481 e.